The third-order valence-corrected chi connectivity index (χ3v) is 8.55. The van der Waals surface area contributed by atoms with Crippen LogP contribution in [0.2, 0.25) is 0 Å². The average Bonchev–Trinajstić information content (AvgIpc) is 3.61. The quantitative estimate of drug-likeness (QED) is 0.274. The predicted molar refractivity (Wildman–Crippen MR) is 151 cm³/mol. The predicted octanol–water partition coefficient (Wildman–Crippen LogP) is 6.13. The van der Waals surface area contributed by atoms with Crippen molar-refractivity contribution < 1.29 is 40.7 Å². The molecule has 1 aliphatic carbocycles. The third-order valence-electron chi connectivity index (χ3n) is 8.55. The number of nitrogens with one attached hydrogen (secondary N) is 2. The number of hydrogen-bond donors (Lipinski definition) is 2. The molecule has 2 heterocycles. The fourth-order valence-electron chi connectivity index (χ4n) is 5.92. The van der Waals surface area contributed by atoms with Crippen LogP contribution in [0.1, 0.15) is 73.2 Å². The molecular formula is C31H32F5N5O4. The highest BCUT2D eigenvalue weighted by atomic mass is 19.4. The number of hydrogen-bond acceptors (Lipinski definition) is 6. The smallest absolute Gasteiger partial charge is 0.410 e. The molecule has 45 heavy (non-hydrogen) atoms. The van der Waals surface area contributed by atoms with Gasteiger partial charge >= 0.3 is 12.2 Å². The van der Waals surface area contributed by atoms with Crippen LogP contribution in [0.15, 0.2) is 46.9 Å². The van der Waals surface area contributed by atoms with Gasteiger partial charge in [-0.25, -0.2) is 18.6 Å². The van der Waals surface area contributed by atoms with Crippen molar-refractivity contribution in [3.8, 4) is 6.07 Å². The summed E-state index contributed by atoms with van der Waals surface area (Å²) in [5, 5.41) is 14.2. The average molecular weight is 634 g/mol. The van der Waals surface area contributed by atoms with Crippen LogP contribution in [0.25, 0.3) is 11.1 Å². The molecular weight excluding hydrogens is 601 g/mol. The highest BCUT2D eigenvalue weighted by molar-refractivity contribution is 5.84. The molecule has 2 aromatic carbocycles. The van der Waals surface area contributed by atoms with Gasteiger partial charge in [0.05, 0.1) is 36.7 Å². The van der Waals surface area contributed by atoms with E-state index >= 15 is 0 Å². The number of benzene rings is 2. The van der Waals surface area contributed by atoms with Gasteiger partial charge in [-0.1, -0.05) is 18.2 Å². The minimum Gasteiger partial charge on any atom is -0.438 e. The fraction of sp³-hybridized carbons (Fsp3) is 0.484. The van der Waals surface area contributed by atoms with E-state index in [1.807, 2.05) is 11.4 Å². The van der Waals surface area contributed by atoms with Crippen molar-refractivity contribution in [2.75, 3.05) is 20.3 Å². The molecule has 240 valence electrons. The van der Waals surface area contributed by atoms with Crippen molar-refractivity contribution >= 4 is 23.0 Å². The number of halogens is 5. The number of nitrogens with zero attached hydrogens (tertiary/aromatic N) is 3. The van der Waals surface area contributed by atoms with E-state index in [1.54, 1.807) is 49.4 Å². The highest BCUT2D eigenvalue weighted by Gasteiger charge is 2.48. The monoisotopic (exact) mass is 633 g/mol. The van der Waals surface area contributed by atoms with Crippen LogP contribution in [-0.4, -0.2) is 60.2 Å². The van der Waals surface area contributed by atoms with Crippen LogP contribution < -0.4 is 10.6 Å². The number of oxazole rings is 1. The lowest BCUT2D eigenvalue weighted by Gasteiger charge is -2.33. The number of ether oxygens (including phenoxy) is 1. The van der Waals surface area contributed by atoms with Gasteiger partial charge in [0.25, 0.3) is 0 Å². The standard InChI is InChI=1S/C31H32F5N5O4/c1-17(20-5-3-4-18(12-20)14-37)27(42)40-26(19-8-10-30(32,33)11-9-19)28-38-22-13-21(6-7-24(22)45-28)23(16-44-2)41-15-25(31(34,35)36)39-29(41)43/h3-7,12-13,17,19,23,25-26H,8-11,15-16H2,1-2H3,(H,39,43)(H,40,42)/t17?,23-,25+,26+/m1/s1. The van der Waals surface area contributed by atoms with Gasteiger partial charge in [0.15, 0.2) is 5.58 Å². The molecule has 14 heteroatoms. The van der Waals surface area contributed by atoms with Crippen molar-refractivity contribution in [3.63, 3.8) is 0 Å². The first-order chi connectivity index (χ1) is 21.3. The van der Waals surface area contributed by atoms with Crippen molar-refractivity contribution in [2.24, 2.45) is 5.92 Å². The van der Waals surface area contributed by atoms with E-state index < -0.39 is 60.5 Å². The molecule has 0 radical (unpaired) electrons. The van der Waals surface area contributed by atoms with E-state index in [1.165, 1.54) is 7.11 Å². The van der Waals surface area contributed by atoms with Crippen molar-refractivity contribution in [2.45, 2.75) is 68.7 Å². The van der Waals surface area contributed by atoms with Gasteiger partial charge in [0.2, 0.25) is 17.7 Å². The van der Waals surface area contributed by atoms with Crippen molar-refractivity contribution in [1.82, 2.24) is 20.5 Å². The summed E-state index contributed by atoms with van der Waals surface area (Å²) in [7, 11) is 1.37. The maximum Gasteiger partial charge on any atom is 0.410 e. The van der Waals surface area contributed by atoms with Crippen LogP contribution in [0.3, 0.4) is 0 Å². The SMILES string of the molecule is COC[C@H](c1ccc2oc([C@@H](NC(=O)C(C)c3cccc(C#N)c3)C3CCC(F)(F)CC3)nc2c1)N1C[C@@H](C(F)(F)F)NC1=O. The second kappa shape index (κ2) is 12.6. The van der Waals surface area contributed by atoms with Gasteiger partial charge in [-0.05, 0) is 61.1 Å². The Balaban J connectivity index is 1.44. The summed E-state index contributed by atoms with van der Waals surface area (Å²) < 4.78 is 79.4. The molecule has 1 unspecified atom stereocenters. The third kappa shape index (κ3) is 7.03. The summed E-state index contributed by atoms with van der Waals surface area (Å²) in [5.41, 5.74) is 2.06. The number of rotatable bonds is 9. The molecule has 4 atom stereocenters. The van der Waals surface area contributed by atoms with Crippen LogP contribution in [0.5, 0.6) is 0 Å². The minimum atomic E-state index is -4.62. The Labute approximate surface area is 255 Å². The zero-order valence-electron chi connectivity index (χ0n) is 24.5. The molecule has 3 aromatic rings. The lowest BCUT2D eigenvalue weighted by Crippen LogP contribution is -2.40. The first-order valence-corrected chi connectivity index (χ1v) is 14.5. The second-order valence-electron chi connectivity index (χ2n) is 11.6. The Hall–Kier alpha value is -4.25. The first kappa shape index (κ1) is 32.2. The molecule has 1 saturated heterocycles. The van der Waals surface area contributed by atoms with E-state index in [0.29, 0.717) is 27.8 Å². The summed E-state index contributed by atoms with van der Waals surface area (Å²) in [6.07, 6.45) is -5.11. The lowest BCUT2D eigenvalue weighted by molar-refractivity contribution is -0.150. The number of amides is 3. The minimum absolute atomic E-state index is 0.0892. The van der Waals surface area contributed by atoms with E-state index in [9.17, 15) is 36.8 Å². The summed E-state index contributed by atoms with van der Waals surface area (Å²) in [5.74, 6) is -4.20. The van der Waals surface area contributed by atoms with Gasteiger partial charge in [-0.15, -0.1) is 0 Å². The number of fused-ring (bicyclic) bond motifs is 1. The molecule has 1 aromatic heterocycles. The highest BCUT2D eigenvalue weighted by Crippen LogP contribution is 2.42. The van der Waals surface area contributed by atoms with Gasteiger partial charge in [0, 0.05) is 20.0 Å². The zero-order chi connectivity index (χ0) is 32.5. The van der Waals surface area contributed by atoms with Crippen LogP contribution >= 0.6 is 0 Å². The molecule has 2 fully saturated rings. The maximum atomic E-state index is 14.1. The molecule has 3 amide bonds. The topological polar surface area (TPSA) is 120 Å². The fourth-order valence-corrected chi connectivity index (χ4v) is 5.92. The summed E-state index contributed by atoms with van der Waals surface area (Å²) >= 11 is 0. The normalized spacial score (nSPS) is 20.8. The van der Waals surface area contributed by atoms with Gasteiger partial charge in [-0.2, -0.15) is 18.4 Å². The number of aromatic nitrogens is 1. The molecule has 1 saturated carbocycles. The van der Waals surface area contributed by atoms with E-state index in [4.69, 9.17) is 9.15 Å². The Bertz CT molecular complexity index is 1590. The number of alkyl halides is 5. The summed E-state index contributed by atoms with van der Waals surface area (Å²) in [4.78, 5) is 31.6. The second-order valence-corrected chi connectivity index (χ2v) is 11.6. The van der Waals surface area contributed by atoms with E-state index in [-0.39, 0.29) is 38.2 Å². The van der Waals surface area contributed by atoms with Crippen molar-refractivity contribution in [1.29, 1.82) is 5.26 Å². The van der Waals surface area contributed by atoms with Gasteiger partial charge in [-0.3, -0.25) is 4.79 Å². The summed E-state index contributed by atoms with van der Waals surface area (Å²) in [6.45, 7) is 0.979. The number of carbonyl (C=O) groups excluding carboxylic acids is 2. The van der Waals surface area contributed by atoms with Gasteiger partial charge < -0.3 is 24.7 Å². The number of methoxy groups -OCH3 is 1. The number of carbonyl (C=O) groups is 2. The van der Waals surface area contributed by atoms with Crippen LogP contribution in [0, 0.1) is 17.2 Å². The zero-order valence-corrected chi connectivity index (χ0v) is 24.5. The van der Waals surface area contributed by atoms with Crippen LogP contribution in [0.4, 0.5) is 26.7 Å². The molecule has 0 bridgehead atoms. The van der Waals surface area contributed by atoms with E-state index in [0.717, 1.165) is 4.90 Å². The Morgan fingerprint density at radius 3 is 2.60 bits per heavy atom. The van der Waals surface area contributed by atoms with Gasteiger partial charge in [0.1, 0.15) is 17.6 Å². The largest absolute Gasteiger partial charge is 0.438 e. The Kier molecular flexibility index (Phi) is 9.02. The van der Waals surface area contributed by atoms with Crippen LogP contribution in [-0.2, 0) is 9.53 Å². The summed E-state index contributed by atoms with van der Waals surface area (Å²) in [6, 6.07) is 8.75. The molecule has 0 spiro atoms. The number of urea groups is 1. The molecule has 2 N–H and O–H groups in total. The Morgan fingerprint density at radius 1 is 1.22 bits per heavy atom. The lowest BCUT2D eigenvalue weighted by atomic mass is 9.81. The first-order valence-electron chi connectivity index (χ1n) is 14.5. The molecule has 5 rings (SSSR count). The van der Waals surface area contributed by atoms with Crippen molar-refractivity contribution in [3.05, 3.63) is 65.0 Å². The Morgan fingerprint density at radius 2 is 1.96 bits per heavy atom. The molecule has 9 nitrogen and oxygen atoms in total. The maximum absolute atomic E-state index is 14.1. The molecule has 1 aliphatic heterocycles. The number of nitriles is 1. The molecule has 2 aliphatic rings. The van der Waals surface area contributed by atoms with E-state index in [2.05, 4.69) is 10.3 Å².